The number of carboxylic acid groups (broad SMARTS) is 1. The van der Waals surface area contributed by atoms with E-state index in [0.29, 0.717) is 18.6 Å². The lowest BCUT2D eigenvalue weighted by Crippen LogP contribution is -2.17. The number of benzene rings is 2. The molecule has 0 bridgehead atoms. The van der Waals surface area contributed by atoms with Gasteiger partial charge in [-0.2, -0.15) is 11.8 Å². The highest BCUT2D eigenvalue weighted by Gasteiger charge is 2.33. The number of carbonyl (C=O) groups is 2. The Morgan fingerprint density at radius 3 is 2.77 bits per heavy atom. The van der Waals surface area contributed by atoms with Gasteiger partial charge < -0.3 is 10.2 Å². The fourth-order valence-corrected chi connectivity index (χ4v) is 6.05. The van der Waals surface area contributed by atoms with E-state index in [0.717, 1.165) is 30.8 Å². The monoisotopic (exact) mass is 458 g/mol. The van der Waals surface area contributed by atoms with Gasteiger partial charge in [0.1, 0.15) is 5.78 Å². The average molecular weight is 459 g/mol. The van der Waals surface area contributed by atoms with Crippen LogP contribution in [0.3, 0.4) is 0 Å². The third-order valence-corrected chi connectivity index (χ3v) is 8.03. The number of aryl methyl sites for hydroxylation is 1. The number of aliphatic carboxylic acids is 1. The lowest BCUT2D eigenvalue weighted by Gasteiger charge is -2.15. The summed E-state index contributed by atoms with van der Waals surface area (Å²) >= 11 is 3.10. The molecule has 3 atom stereocenters. The summed E-state index contributed by atoms with van der Waals surface area (Å²) in [5, 5.41) is 21.5. The van der Waals surface area contributed by atoms with E-state index >= 15 is 0 Å². The molecule has 0 aliphatic heterocycles. The molecule has 1 aliphatic rings. The number of thioether (sulfide) groups is 2. The molecule has 1 saturated carbocycles. The first-order valence-electron chi connectivity index (χ1n) is 10.8. The van der Waals surface area contributed by atoms with Crippen LogP contribution in [-0.4, -0.2) is 50.6 Å². The first-order chi connectivity index (χ1) is 15.0. The van der Waals surface area contributed by atoms with Crippen molar-refractivity contribution in [1.29, 1.82) is 0 Å². The summed E-state index contributed by atoms with van der Waals surface area (Å²) in [6, 6.07) is 14.7. The fourth-order valence-electron chi connectivity index (χ4n) is 3.86. The van der Waals surface area contributed by atoms with Gasteiger partial charge in [-0.1, -0.05) is 54.6 Å². The third kappa shape index (κ3) is 7.70. The molecule has 0 unspecified atom stereocenters. The van der Waals surface area contributed by atoms with Gasteiger partial charge in [-0.05, 0) is 59.4 Å². The van der Waals surface area contributed by atoms with Gasteiger partial charge in [0.05, 0.1) is 17.1 Å². The van der Waals surface area contributed by atoms with Crippen molar-refractivity contribution < 1.29 is 19.8 Å². The topological polar surface area (TPSA) is 74.6 Å². The molecule has 0 amide bonds. The van der Waals surface area contributed by atoms with Crippen molar-refractivity contribution in [3.63, 3.8) is 0 Å². The van der Waals surface area contributed by atoms with Gasteiger partial charge in [-0.3, -0.25) is 9.59 Å². The molecule has 0 saturated heterocycles. The normalized spacial score (nSPS) is 20.0. The highest BCUT2D eigenvalue weighted by Crippen LogP contribution is 2.34. The molecule has 2 N–H and O–H groups in total. The molecule has 166 valence electrons. The standard InChI is InChI=1S/C25H30O4S2/c26-22(11-7-18-6-8-19-4-1-2-5-21(19)16-18)12-9-20-10-13-23(27)25(20)31-15-3-14-30-17-24(28)29/h1-2,4-6,8-9,12,16,20,22,25-26H,3,7,10-11,13-15,17H2,(H,28,29)/b12-9+/t20-,22-,25+/m0/s1. The summed E-state index contributed by atoms with van der Waals surface area (Å²) < 4.78 is 0. The Morgan fingerprint density at radius 2 is 1.97 bits per heavy atom. The number of hydrogen-bond acceptors (Lipinski definition) is 5. The third-order valence-electron chi connectivity index (χ3n) is 5.51. The van der Waals surface area contributed by atoms with Gasteiger partial charge in [0.15, 0.2) is 0 Å². The number of carboxylic acids is 1. The lowest BCUT2D eigenvalue weighted by atomic mass is 10.0. The first-order valence-corrected chi connectivity index (χ1v) is 13.0. The number of fused-ring (bicyclic) bond motifs is 1. The Hall–Kier alpha value is -1.76. The van der Waals surface area contributed by atoms with Gasteiger partial charge in [0.25, 0.3) is 0 Å². The molecule has 6 heteroatoms. The van der Waals surface area contributed by atoms with Crippen LogP contribution < -0.4 is 0 Å². The minimum absolute atomic E-state index is 0.0339. The molecule has 1 aliphatic carbocycles. The molecule has 0 heterocycles. The van der Waals surface area contributed by atoms with E-state index in [2.05, 4.69) is 30.3 Å². The van der Waals surface area contributed by atoms with Crippen molar-refractivity contribution >= 4 is 46.0 Å². The van der Waals surface area contributed by atoms with Crippen LogP contribution in [0, 0.1) is 5.92 Å². The maximum Gasteiger partial charge on any atom is 0.313 e. The summed E-state index contributed by atoms with van der Waals surface area (Å²) in [5.74, 6) is 1.48. The zero-order valence-electron chi connectivity index (χ0n) is 17.6. The summed E-state index contributed by atoms with van der Waals surface area (Å²) in [4.78, 5) is 22.8. The van der Waals surface area contributed by atoms with Gasteiger partial charge >= 0.3 is 5.97 Å². The molecular weight excluding hydrogens is 428 g/mol. The van der Waals surface area contributed by atoms with E-state index < -0.39 is 12.1 Å². The number of hydrogen-bond donors (Lipinski definition) is 2. The van der Waals surface area contributed by atoms with Gasteiger partial charge in [0, 0.05) is 6.42 Å². The first kappa shape index (κ1) is 23.9. The zero-order valence-corrected chi connectivity index (χ0v) is 19.2. The maximum atomic E-state index is 12.3. The van der Waals surface area contributed by atoms with E-state index in [4.69, 9.17) is 5.11 Å². The summed E-state index contributed by atoms with van der Waals surface area (Å²) in [6.07, 6.45) is 7.21. The van der Waals surface area contributed by atoms with E-state index in [1.165, 1.54) is 28.1 Å². The minimum atomic E-state index is -0.784. The zero-order chi connectivity index (χ0) is 22.1. The molecule has 1 fully saturated rings. The van der Waals surface area contributed by atoms with Crippen LogP contribution in [0.25, 0.3) is 10.8 Å². The van der Waals surface area contributed by atoms with Crippen molar-refractivity contribution in [2.24, 2.45) is 5.92 Å². The highest BCUT2D eigenvalue weighted by atomic mass is 32.2. The van der Waals surface area contributed by atoms with E-state index in [-0.39, 0.29) is 16.9 Å². The smallest absolute Gasteiger partial charge is 0.313 e. The molecule has 0 aromatic heterocycles. The summed E-state index contributed by atoms with van der Waals surface area (Å²) in [6.45, 7) is 0. The second kappa shape index (κ2) is 12.3. The second-order valence-electron chi connectivity index (χ2n) is 7.93. The molecule has 2 aromatic rings. The molecular formula is C25H30O4S2. The largest absolute Gasteiger partial charge is 0.481 e. The molecule has 0 spiro atoms. The summed E-state index contributed by atoms with van der Waals surface area (Å²) in [7, 11) is 0. The fraction of sp³-hybridized carbons (Fsp3) is 0.440. The number of Topliss-reactive ketones (excluding diaryl/α,β-unsaturated/α-hetero) is 1. The number of aliphatic hydroxyl groups is 1. The lowest BCUT2D eigenvalue weighted by molar-refractivity contribution is -0.133. The van der Waals surface area contributed by atoms with Gasteiger partial charge in [-0.15, -0.1) is 11.8 Å². The average Bonchev–Trinajstić information content (AvgIpc) is 3.12. The maximum absolute atomic E-state index is 12.3. The Balaban J connectivity index is 1.42. The molecule has 4 nitrogen and oxygen atoms in total. The number of aliphatic hydroxyl groups excluding tert-OH is 1. The minimum Gasteiger partial charge on any atom is -0.481 e. The van der Waals surface area contributed by atoms with Crippen molar-refractivity contribution in [3.05, 3.63) is 60.2 Å². The van der Waals surface area contributed by atoms with Crippen molar-refractivity contribution in [2.75, 3.05) is 17.3 Å². The van der Waals surface area contributed by atoms with E-state index in [1.54, 1.807) is 11.8 Å². The van der Waals surface area contributed by atoms with Crippen molar-refractivity contribution in [1.82, 2.24) is 0 Å². The Labute approximate surface area is 192 Å². The van der Waals surface area contributed by atoms with Crippen molar-refractivity contribution in [3.8, 4) is 0 Å². The molecule has 31 heavy (non-hydrogen) atoms. The van der Waals surface area contributed by atoms with Crippen LogP contribution in [0.5, 0.6) is 0 Å². The number of carbonyl (C=O) groups excluding carboxylic acids is 1. The SMILES string of the molecule is O=C(O)CSCCCS[C@H]1C(=O)CC[C@@H]1/C=C/[C@@H](O)CCc1ccc2ccccc2c1. The number of ketones is 1. The van der Waals surface area contributed by atoms with Crippen LogP contribution >= 0.6 is 23.5 Å². The second-order valence-corrected chi connectivity index (χ2v) is 10.3. The van der Waals surface area contributed by atoms with Gasteiger partial charge in [-0.25, -0.2) is 0 Å². The van der Waals surface area contributed by atoms with Crippen LogP contribution in [0.2, 0.25) is 0 Å². The molecule has 3 rings (SSSR count). The van der Waals surface area contributed by atoms with Crippen LogP contribution in [0.1, 0.15) is 31.2 Å². The van der Waals surface area contributed by atoms with Crippen molar-refractivity contribution in [2.45, 2.75) is 43.5 Å². The van der Waals surface area contributed by atoms with Crippen LogP contribution in [0.15, 0.2) is 54.6 Å². The van der Waals surface area contributed by atoms with Crippen LogP contribution in [-0.2, 0) is 16.0 Å². The van der Waals surface area contributed by atoms with E-state index in [9.17, 15) is 14.7 Å². The Kier molecular flexibility index (Phi) is 9.50. The predicted molar refractivity (Wildman–Crippen MR) is 131 cm³/mol. The van der Waals surface area contributed by atoms with Crippen LogP contribution in [0.4, 0.5) is 0 Å². The number of allylic oxidation sites excluding steroid dienone is 1. The van der Waals surface area contributed by atoms with E-state index in [1.807, 2.05) is 24.3 Å². The summed E-state index contributed by atoms with van der Waals surface area (Å²) in [5.41, 5.74) is 1.22. The highest BCUT2D eigenvalue weighted by molar-refractivity contribution is 8.01. The Bertz CT molecular complexity index is 911. The Morgan fingerprint density at radius 1 is 1.16 bits per heavy atom. The van der Waals surface area contributed by atoms with Gasteiger partial charge in [0.2, 0.25) is 0 Å². The quantitative estimate of drug-likeness (QED) is 0.345. The molecule has 0 radical (unpaired) electrons. The molecule has 2 aromatic carbocycles. The number of rotatable bonds is 12. The predicted octanol–water partition coefficient (Wildman–Crippen LogP) is 4.98.